The fourth-order valence-electron chi connectivity index (χ4n) is 6.45. The number of nitrogens with one attached hydrogen (secondary N) is 1. The number of anilines is 1. The van der Waals surface area contributed by atoms with Gasteiger partial charge in [-0.3, -0.25) is 5.10 Å². The van der Waals surface area contributed by atoms with E-state index in [4.69, 9.17) is 0 Å². The average molecular weight is 502 g/mol. The van der Waals surface area contributed by atoms with Crippen LogP contribution in [0.2, 0.25) is 0 Å². The van der Waals surface area contributed by atoms with Crippen LogP contribution in [0.3, 0.4) is 0 Å². The molecule has 1 heterocycles. The van der Waals surface area contributed by atoms with Gasteiger partial charge in [0.2, 0.25) is 0 Å². The van der Waals surface area contributed by atoms with Crippen molar-refractivity contribution in [1.29, 1.82) is 0 Å². The highest BCUT2D eigenvalue weighted by molar-refractivity contribution is 7.92. The Bertz CT molecular complexity index is 1350. The van der Waals surface area contributed by atoms with Crippen molar-refractivity contribution >= 4 is 21.9 Å². The van der Waals surface area contributed by atoms with E-state index in [1.165, 1.54) is 37.7 Å². The molecule has 36 heavy (non-hydrogen) atoms. The van der Waals surface area contributed by atoms with Crippen LogP contribution >= 0.6 is 0 Å². The SMILES string of the molecule is Cc1ccc(S(=O)(=O)N(c2n[nH]c3c2C=CC(c2ccccc2)(C2CCCCC2)C3)C2CCC2)cc1. The molecule has 188 valence electrons. The van der Waals surface area contributed by atoms with Gasteiger partial charge in [-0.15, -0.1) is 0 Å². The number of hydrogen-bond acceptors (Lipinski definition) is 3. The van der Waals surface area contributed by atoms with Crippen molar-refractivity contribution in [3.8, 4) is 0 Å². The molecule has 2 saturated carbocycles. The molecule has 1 unspecified atom stereocenters. The van der Waals surface area contributed by atoms with Gasteiger partial charge in [0.25, 0.3) is 10.0 Å². The molecule has 3 aliphatic rings. The maximum Gasteiger partial charge on any atom is 0.265 e. The van der Waals surface area contributed by atoms with E-state index in [1.54, 1.807) is 16.4 Å². The molecule has 0 saturated heterocycles. The van der Waals surface area contributed by atoms with E-state index in [-0.39, 0.29) is 11.5 Å². The van der Waals surface area contributed by atoms with Crippen LogP contribution < -0.4 is 4.31 Å². The number of aryl methyl sites for hydroxylation is 1. The van der Waals surface area contributed by atoms with Gasteiger partial charge in [0.15, 0.2) is 5.82 Å². The molecule has 3 aliphatic carbocycles. The van der Waals surface area contributed by atoms with Gasteiger partial charge in [-0.1, -0.05) is 79.4 Å². The Morgan fingerprint density at radius 3 is 2.31 bits per heavy atom. The van der Waals surface area contributed by atoms with E-state index >= 15 is 0 Å². The summed E-state index contributed by atoms with van der Waals surface area (Å²) in [4.78, 5) is 0.331. The summed E-state index contributed by atoms with van der Waals surface area (Å²) in [5.74, 6) is 1.13. The van der Waals surface area contributed by atoms with E-state index in [1.807, 2.05) is 19.1 Å². The second-order valence-corrected chi connectivity index (χ2v) is 12.7. The number of aromatic nitrogens is 2. The lowest BCUT2D eigenvalue weighted by Gasteiger charge is -2.43. The standard InChI is InChI=1S/C30H35N3O2S/c1-22-15-17-26(18-16-22)36(34,35)33(25-13-8-14-25)29-27-19-20-30(21-28(27)31-32-29,23-9-4-2-5-10-23)24-11-6-3-7-12-24/h2,4-5,9-10,15-20,24-25H,3,6-8,11-14,21H2,1H3,(H,31,32). The van der Waals surface area contributed by atoms with Crippen molar-refractivity contribution in [2.45, 2.75) is 81.1 Å². The highest BCUT2D eigenvalue weighted by Crippen LogP contribution is 2.48. The van der Waals surface area contributed by atoms with Gasteiger partial charge in [0.1, 0.15) is 0 Å². The molecule has 2 fully saturated rings. The van der Waals surface area contributed by atoms with Gasteiger partial charge in [0.05, 0.1) is 4.90 Å². The molecule has 0 spiro atoms. The quantitative estimate of drug-likeness (QED) is 0.416. The summed E-state index contributed by atoms with van der Waals surface area (Å²) in [5.41, 5.74) is 4.28. The van der Waals surface area contributed by atoms with Crippen LogP contribution in [0, 0.1) is 12.8 Å². The Kier molecular flexibility index (Phi) is 6.03. The molecule has 6 rings (SSSR count). The minimum absolute atomic E-state index is 0.0451. The summed E-state index contributed by atoms with van der Waals surface area (Å²) >= 11 is 0. The van der Waals surface area contributed by atoms with Crippen LogP contribution in [-0.2, 0) is 21.9 Å². The van der Waals surface area contributed by atoms with Gasteiger partial charge in [0, 0.05) is 29.1 Å². The maximum absolute atomic E-state index is 13.9. The zero-order chi connectivity index (χ0) is 24.8. The molecule has 5 nitrogen and oxygen atoms in total. The third-order valence-corrected chi connectivity index (χ3v) is 10.6. The summed E-state index contributed by atoms with van der Waals surface area (Å²) in [6.45, 7) is 1.97. The third kappa shape index (κ3) is 3.90. The van der Waals surface area contributed by atoms with Crippen LogP contribution in [0.1, 0.15) is 73.8 Å². The van der Waals surface area contributed by atoms with E-state index in [0.717, 1.165) is 42.5 Å². The molecule has 0 bridgehead atoms. The maximum atomic E-state index is 13.9. The van der Waals surface area contributed by atoms with E-state index in [2.05, 4.69) is 52.7 Å². The second-order valence-electron chi connectivity index (χ2n) is 10.9. The number of fused-ring (bicyclic) bond motifs is 1. The second kappa shape index (κ2) is 9.22. The van der Waals surface area contributed by atoms with Crippen LogP contribution in [0.5, 0.6) is 0 Å². The molecule has 2 aromatic carbocycles. The number of aromatic amines is 1. The predicted molar refractivity (Wildman–Crippen MR) is 145 cm³/mol. The van der Waals surface area contributed by atoms with Crippen molar-refractivity contribution in [3.05, 3.63) is 83.1 Å². The first-order valence-corrected chi connectivity index (χ1v) is 14.9. The summed E-state index contributed by atoms with van der Waals surface area (Å²) in [5, 5.41) is 7.98. The lowest BCUT2D eigenvalue weighted by molar-refractivity contribution is 0.241. The predicted octanol–water partition coefficient (Wildman–Crippen LogP) is 6.55. The first-order chi connectivity index (χ1) is 17.5. The minimum atomic E-state index is -3.72. The van der Waals surface area contributed by atoms with Crippen molar-refractivity contribution in [2.24, 2.45) is 5.92 Å². The van der Waals surface area contributed by atoms with E-state index < -0.39 is 10.0 Å². The van der Waals surface area contributed by atoms with Crippen molar-refractivity contribution in [2.75, 3.05) is 4.31 Å². The van der Waals surface area contributed by atoms with Gasteiger partial charge in [-0.25, -0.2) is 12.7 Å². The fourth-order valence-corrected chi connectivity index (χ4v) is 8.12. The highest BCUT2D eigenvalue weighted by atomic mass is 32.2. The number of sulfonamides is 1. The Morgan fingerprint density at radius 2 is 1.64 bits per heavy atom. The molecule has 1 atom stereocenters. The zero-order valence-corrected chi connectivity index (χ0v) is 21.8. The lowest BCUT2D eigenvalue weighted by atomic mass is 9.61. The lowest BCUT2D eigenvalue weighted by Crippen LogP contribution is -2.45. The Labute approximate surface area is 214 Å². The zero-order valence-electron chi connectivity index (χ0n) is 21.0. The average Bonchev–Trinajstić information content (AvgIpc) is 3.29. The molecule has 1 N–H and O–H groups in total. The first-order valence-electron chi connectivity index (χ1n) is 13.4. The Balaban J connectivity index is 1.42. The molecular weight excluding hydrogens is 466 g/mol. The fraction of sp³-hybridized carbons (Fsp3) is 0.433. The number of rotatable bonds is 6. The topological polar surface area (TPSA) is 66.1 Å². The highest BCUT2D eigenvalue weighted by Gasteiger charge is 2.44. The minimum Gasteiger partial charge on any atom is -0.280 e. The van der Waals surface area contributed by atoms with Crippen LogP contribution in [0.4, 0.5) is 5.82 Å². The Morgan fingerprint density at radius 1 is 0.917 bits per heavy atom. The monoisotopic (exact) mass is 501 g/mol. The number of H-pyrrole nitrogens is 1. The number of benzene rings is 2. The molecule has 3 aromatic rings. The third-order valence-electron chi connectivity index (χ3n) is 8.72. The smallest absolute Gasteiger partial charge is 0.265 e. The van der Waals surface area contributed by atoms with Crippen molar-refractivity contribution in [3.63, 3.8) is 0 Å². The molecule has 0 amide bonds. The molecule has 6 heteroatoms. The van der Waals surface area contributed by atoms with E-state index in [9.17, 15) is 8.42 Å². The molecule has 0 radical (unpaired) electrons. The number of allylic oxidation sites excluding steroid dienone is 1. The van der Waals surface area contributed by atoms with Crippen LogP contribution in [0.15, 0.2) is 65.6 Å². The van der Waals surface area contributed by atoms with Crippen LogP contribution in [0.25, 0.3) is 6.08 Å². The van der Waals surface area contributed by atoms with Crippen molar-refractivity contribution < 1.29 is 8.42 Å². The van der Waals surface area contributed by atoms with Gasteiger partial charge in [-0.05, 0) is 62.6 Å². The van der Waals surface area contributed by atoms with Crippen LogP contribution in [-0.4, -0.2) is 24.7 Å². The normalized spacial score (nSPS) is 22.7. The van der Waals surface area contributed by atoms with Gasteiger partial charge in [-0.2, -0.15) is 5.10 Å². The molecular formula is C30H35N3O2S. The van der Waals surface area contributed by atoms with E-state index in [0.29, 0.717) is 16.6 Å². The largest absolute Gasteiger partial charge is 0.280 e. The van der Waals surface area contributed by atoms with Gasteiger partial charge < -0.3 is 0 Å². The summed E-state index contributed by atoms with van der Waals surface area (Å²) in [6.07, 6.45) is 14.5. The molecule has 0 aliphatic heterocycles. The summed E-state index contributed by atoms with van der Waals surface area (Å²) in [7, 11) is -3.72. The summed E-state index contributed by atoms with van der Waals surface area (Å²) in [6, 6.07) is 18.0. The number of nitrogens with zero attached hydrogens (tertiary/aromatic N) is 2. The molecule has 1 aromatic heterocycles. The first kappa shape index (κ1) is 23.5. The van der Waals surface area contributed by atoms with Gasteiger partial charge >= 0.3 is 0 Å². The Hall–Kier alpha value is -2.86. The number of hydrogen-bond donors (Lipinski definition) is 1. The summed E-state index contributed by atoms with van der Waals surface area (Å²) < 4.78 is 29.4. The van der Waals surface area contributed by atoms with Crippen molar-refractivity contribution in [1.82, 2.24) is 10.2 Å².